The van der Waals surface area contributed by atoms with E-state index in [1.165, 1.54) is 17.0 Å². The molecule has 0 aliphatic carbocycles. The number of nitrogens with zero attached hydrogens (tertiary/aromatic N) is 4. The molecule has 0 radical (unpaired) electrons. The summed E-state index contributed by atoms with van der Waals surface area (Å²) in [6, 6.07) is 9.28. The second kappa shape index (κ2) is 10.8. The summed E-state index contributed by atoms with van der Waals surface area (Å²) < 4.78 is 122. The van der Waals surface area contributed by atoms with Crippen molar-refractivity contribution in [3.63, 3.8) is 0 Å². The van der Waals surface area contributed by atoms with E-state index in [4.69, 9.17) is 0 Å². The average molecular weight is 579 g/mol. The molecule has 0 atom stereocenters. The number of ether oxygens (including phenoxy) is 1. The molecule has 1 aliphatic rings. The molecule has 3 aromatic rings. The predicted octanol–water partition coefficient (Wildman–Crippen LogP) is 5.18. The largest absolute Gasteiger partial charge is 0.573 e. The van der Waals surface area contributed by atoms with Gasteiger partial charge in [0.1, 0.15) is 17.4 Å². The van der Waals surface area contributed by atoms with Gasteiger partial charge >= 0.3 is 12.5 Å². The van der Waals surface area contributed by atoms with Crippen molar-refractivity contribution in [2.45, 2.75) is 23.9 Å². The van der Waals surface area contributed by atoms with Crippen LogP contribution in [0.2, 0.25) is 0 Å². The van der Waals surface area contributed by atoms with Gasteiger partial charge in [0.05, 0.1) is 4.90 Å². The maximum Gasteiger partial charge on any atom is 0.573 e. The average Bonchev–Trinajstić information content (AvgIpc) is 3.11. The third kappa shape index (κ3) is 7.26. The van der Waals surface area contributed by atoms with E-state index in [1.54, 1.807) is 0 Å². The van der Waals surface area contributed by atoms with Crippen LogP contribution in [0.5, 0.6) is 5.75 Å². The highest BCUT2D eigenvalue weighted by atomic mass is 32.2. The fourth-order valence-electron chi connectivity index (χ4n) is 3.76. The molecular formula is C23H20F7N5O3S. The Morgan fingerprint density at radius 3 is 2.13 bits per heavy atom. The lowest BCUT2D eigenvalue weighted by Gasteiger charge is -2.23. The summed E-state index contributed by atoms with van der Waals surface area (Å²) in [4.78, 5) is 8.91. The van der Waals surface area contributed by atoms with Crippen LogP contribution >= 0.6 is 0 Å². The van der Waals surface area contributed by atoms with E-state index in [0.29, 0.717) is 6.07 Å². The Morgan fingerprint density at radius 2 is 1.51 bits per heavy atom. The minimum atomic E-state index is -4.94. The highest BCUT2D eigenvalue weighted by Gasteiger charge is 2.35. The SMILES string of the molecule is O=S(=O)(c1ccc(OC(F)(F)F)cc1)N1CCCN(c2nc(Nc3ccc(F)cc3)cc(C(F)(F)F)n2)CC1. The quantitative estimate of drug-likeness (QED) is 0.403. The highest BCUT2D eigenvalue weighted by molar-refractivity contribution is 7.89. The third-order valence-electron chi connectivity index (χ3n) is 5.55. The van der Waals surface area contributed by atoms with Crippen molar-refractivity contribution in [2.24, 2.45) is 0 Å². The number of rotatable bonds is 6. The van der Waals surface area contributed by atoms with Crippen LogP contribution in [0.25, 0.3) is 0 Å². The van der Waals surface area contributed by atoms with Crippen LogP contribution < -0.4 is 15.0 Å². The van der Waals surface area contributed by atoms with Crippen molar-refractivity contribution in [3.8, 4) is 5.75 Å². The molecule has 0 amide bonds. The molecule has 1 saturated heterocycles. The van der Waals surface area contributed by atoms with Gasteiger partial charge in [-0.2, -0.15) is 22.5 Å². The summed E-state index contributed by atoms with van der Waals surface area (Å²) in [5.74, 6) is -1.61. The van der Waals surface area contributed by atoms with Crippen molar-refractivity contribution >= 4 is 27.5 Å². The zero-order valence-electron chi connectivity index (χ0n) is 19.8. The number of sulfonamides is 1. The Morgan fingerprint density at radius 1 is 0.846 bits per heavy atom. The van der Waals surface area contributed by atoms with Crippen molar-refractivity contribution in [2.75, 3.05) is 36.4 Å². The van der Waals surface area contributed by atoms with Crippen LogP contribution in [0.3, 0.4) is 0 Å². The standard InChI is InChI=1S/C23H20F7N5O3S/c24-15-2-4-16(5-3-15)31-20-14-19(22(25,26)27)32-21(33-20)34-10-1-11-35(13-12-34)39(36,37)18-8-6-17(7-9-18)38-23(28,29)30/h2-9,14H,1,10-13H2,(H,31,32,33). The van der Waals surface area contributed by atoms with Crippen LogP contribution in [-0.2, 0) is 16.2 Å². The molecule has 210 valence electrons. The first-order valence-electron chi connectivity index (χ1n) is 11.3. The first-order valence-corrected chi connectivity index (χ1v) is 12.7. The van der Waals surface area contributed by atoms with Crippen molar-refractivity contribution < 1.29 is 43.9 Å². The zero-order chi connectivity index (χ0) is 28.4. The summed E-state index contributed by atoms with van der Waals surface area (Å²) in [5, 5.41) is 2.68. The Labute approximate surface area is 218 Å². The molecule has 1 fully saturated rings. The Hall–Kier alpha value is -3.66. The molecule has 1 aliphatic heterocycles. The van der Waals surface area contributed by atoms with Gasteiger partial charge in [-0.3, -0.25) is 0 Å². The van der Waals surface area contributed by atoms with E-state index in [2.05, 4.69) is 20.0 Å². The fraction of sp³-hybridized carbons (Fsp3) is 0.304. The minimum Gasteiger partial charge on any atom is -0.406 e. The van der Waals surface area contributed by atoms with Crippen molar-refractivity contribution in [3.05, 3.63) is 66.1 Å². The first-order chi connectivity index (χ1) is 18.2. The van der Waals surface area contributed by atoms with E-state index < -0.39 is 39.8 Å². The van der Waals surface area contributed by atoms with Crippen LogP contribution in [0, 0.1) is 5.82 Å². The highest BCUT2D eigenvalue weighted by Crippen LogP contribution is 2.32. The molecule has 0 spiro atoms. The van der Waals surface area contributed by atoms with Gasteiger partial charge < -0.3 is 15.0 Å². The molecule has 2 aromatic carbocycles. The molecule has 0 bridgehead atoms. The molecule has 2 heterocycles. The minimum absolute atomic E-state index is 0.000710. The maximum atomic E-state index is 13.6. The van der Waals surface area contributed by atoms with Crippen LogP contribution in [0.4, 0.5) is 48.2 Å². The normalized spacial score (nSPS) is 15.6. The Bertz CT molecular complexity index is 1400. The second-order valence-corrected chi connectivity index (χ2v) is 10.3. The van der Waals surface area contributed by atoms with Gasteiger partial charge in [-0.15, -0.1) is 13.2 Å². The van der Waals surface area contributed by atoms with E-state index in [-0.39, 0.29) is 54.9 Å². The monoisotopic (exact) mass is 579 g/mol. The third-order valence-corrected chi connectivity index (χ3v) is 7.47. The fourth-order valence-corrected chi connectivity index (χ4v) is 5.23. The molecule has 16 heteroatoms. The number of nitrogens with one attached hydrogen (secondary N) is 1. The predicted molar refractivity (Wildman–Crippen MR) is 125 cm³/mol. The molecule has 0 saturated carbocycles. The van der Waals surface area contributed by atoms with Crippen molar-refractivity contribution in [1.29, 1.82) is 0 Å². The maximum absolute atomic E-state index is 13.6. The molecule has 8 nitrogen and oxygen atoms in total. The van der Waals surface area contributed by atoms with E-state index in [0.717, 1.165) is 40.7 Å². The zero-order valence-corrected chi connectivity index (χ0v) is 20.6. The van der Waals surface area contributed by atoms with Crippen LogP contribution in [0.1, 0.15) is 12.1 Å². The van der Waals surface area contributed by atoms with Crippen LogP contribution in [0.15, 0.2) is 59.5 Å². The second-order valence-electron chi connectivity index (χ2n) is 8.33. The van der Waals surface area contributed by atoms with Crippen LogP contribution in [-0.4, -0.2) is 55.2 Å². The molecule has 1 N–H and O–H groups in total. The van der Waals surface area contributed by atoms with E-state index in [1.807, 2.05) is 0 Å². The van der Waals surface area contributed by atoms with Gasteiger partial charge in [0.25, 0.3) is 0 Å². The van der Waals surface area contributed by atoms with Crippen molar-refractivity contribution in [1.82, 2.24) is 14.3 Å². The van der Waals surface area contributed by atoms with Gasteiger partial charge in [0.2, 0.25) is 16.0 Å². The number of aromatic nitrogens is 2. The summed E-state index contributed by atoms with van der Waals surface area (Å²) in [7, 11) is -4.13. The summed E-state index contributed by atoms with van der Waals surface area (Å²) in [6.07, 6.45) is -9.54. The lowest BCUT2D eigenvalue weighted by molar-refractivity contribution is -0.274. The summed E-state index contributed by atoms with van der Waals surface area (Å²) in [5.41, 5.74) is -0.944. The topological polar surface area (TPSA) is 87.7 Å². The Balaban J connectivity index is 1.53. The lowest BCUT2D eigenvalue weighted by Crippen LogP contribution is -2.35. The number of halogens is 7. The summed E-state index contributed by atoms with van der Waals surface area (Å²) in [6.45, 7) is -0.0871. The van der Waals surface area contributed by atoms with Gasteiger partial charge in [0.15, 0.2) is 5.69 Å². The lowest BCUT2D eigenvalue weighted by atomic mass is 10.3. The van der Waals surface area contributed by atoms with Gasteiger partial charge in [-0.05, 0) is 55.0 Å². The number of anilines is 3. The van der Waals surface area contributed by atoms with Gasteiger partial charge in [-0.1, -0.05) is 0 Å². The van der Waals surface area contributed by atoms with Gasteiger partial charge in [-0.25, -0.2) is 17.8 Å². The molecule has 4 rings (SSSR count). The van der Waals surface area contributed by atoms with E-state index in [9.17, 15) is 39.2 Å². The number of hydrogen-bond acceptors (Lipinski definition) is 7. The number of hydrogen-bond donors (Lipinski definition) is 1. The molecule has 0 unspecified atom stereocenters. The first kappa shape index (κ1) is 28.4. The molecule has 1 aromatic heterocycles. The van der Waals surface area contributed by atoms with E-state index >= 15 is 0 Å². The Kier molecular flexibility index (Phi) is 7.88. The molecule has 39 heavy (non-hydrogen) atoms. The number of alkyl halides is 6. The summed E-state index contributed by atoms with van der Waals surface area (Å²) >= 11 is 0. The molecular weight excluding hydrogens is 559 g/mol. The van der Waals surface area contributed by atoms with Gasteiger partial charge in [0, 0.05) is 37.9 Å². The smallest absolute Gasteiger partial charge is 0.406 e. The number of benzene rings is 2.